The lowest BCUT2D eigenvalue weighted by Crippen LogP contribution is -2.46. The van der Waals surface area contributed by atoms with Crippen molar-refractivity contribution in [3.63, 3.8) is 0 Å². The molecule has 1 rings (SSSR count). The molecule has 0 aliphatic heterocycles. The van der Waals surface area contributed by atoms with Crippen LogP contribution < -0.4 is 10.5 Å². The monoisotopic (exact) mass is 237 g/mol. The molecule has 0 bridgehead atoms. The summed E-state index contributed by atoms with van der Waals surface area (Å²) in [6.45, 7) is 8.73. The quantitative estimate of drug-likeness (QED) is 0.844. The molecule has 3 nitrogen and oxygen atoms in total. The zero-order valence-electron chi connectivity index (χ0n) is 11.2. The van der Waals surface area contributed by atoms with E-state index in [1.807, 2.05) is 52.0 Å². The molecule has 0 aliphatic carbocycles. The Hall–Kier alpha value is -1.06. The highest BCUT2D eigenvalue weighted by Gasteiger charge is 2.40. The van der Waals surface area contributed by atoms with E-state index < -0.39 is 5.60 Å². The highest BCUT2D eigenvalue weighted by atomic mass is 16.5. The van der Waals surface area contributed by atoms with Crippen LogP contribution in [-0.4, -0.2) is 18.3 Å². The summed E-state index contributed by atoms with van der Waals surface area (Å²) in [5.74, 6) is 0.810. The second-order valence-electron chi connectivity index (χ2n) is 5.27. The standard InChI is InChI=1S/C14H23NO2/c1-5-17-12-8-6-11(7-9-12)14(16,10-15)13(2,3)4/h6-9,16H,5,10,15H2,1-4H3. The molecule has 1 atom stereocenters. The van der Waals surface area contributed by atoms with Crippen LogP contribution in [0.25, 0.3) is 0 Å². The Labute approximate surface area is 104 Å². The summed E-state index contributed by atoms with van der Waals surface area (Å²) in [6, 6.07) is 7.49. The molecule has 0 aromatic heterocycles. The molecule has 1 aromatic carbocycles. The molecule has 0 amide bonds. The van der Waals surface area contributed by atoms with E-state index in [9.17, 15) is 5.11 Å². The fourth-order valence-electron chi connectivity index (χ4n) is 1.85. The summed E-state index contributed by atoms with van der Waals surface area (Å²) in [4.78, 5) is 0. The van der Waals surface area contributed by atoms with Gasteiger partial charge < -0.3 is 15.6 Å². The lowest BCUT2D eigenvalue weighted by atomic mass is 9.72. The molecule has 0 saturated carbocycles. The van der Waals surface area contributed by atoms with Gasteiger partial charge in [-0.25, -0.2) is 0 Å². The third-order valence-electron chi connectivity index (χ3n) is 3.18. The van der Waals surface area contributed by atoms with Crippen LogP contribution in [0.5, 0.6) is 5.75 Å². The summed E-state index contributed by atoms with van der Waals surface area (Å²) < 4.78 is 5.38. The number of rotatable bonds is 4. The van der Waals surface area contributed by atoms with Crippen molar-refractivity contribution in [2.45, 2.75) is 33.3 Å². The van der Waals surface area contributed by atoms with E-state index in [4.69, 9.17) is 10.5 Å². The summed E-state index contributed by atoms with van der Waals surface area (Å²) in [5, 5.41) is 10.7. The predicted octanol–water partition coefficient (Wildman–Crippen LogP) is 2.28. The molecular weight excluding hydrogens is 214 g/mol. The van der Waals surface area contributed by atoms with Gasteiger partial charge in [-0.15, -0.1) is 0 Å². The Morgan fingerprint density at radius 2 is 1.71 bits per heavy atom. The molecule has 17 heavy (non-hydrogen) atoms. The van der Waals surface area contributed by atoms with Crippen LogP contribution in [0.4, 0.5) is 0 Å². The first-order valence-electron chi connectivity index (χ1n) is 6.01. The minimum absolute atomic E-state index is 0.199. The zero-order valence-corrected chi connectivity index (χ0v) is 11.2. The van der Waals surface area contributed by atoms with E-state index in [0.29, 0.717) is 6.61 Å². The second-order valence-corrected chi connectivity index (χ2v) is 5.27. The Bertz CT molecular complexity index is 353. The van der Waals surface area contributed by atoms with Gasteiger partial charge in [0.25, 0.3) is 0 Å². The molecule has 0 radical (unpaired) electrons. The number of benzene rings is 1. The van der Waals surface area contributed by atoms with Gasteiger partial charge >= 0.3 is 0 Å². The molecule has 1 aromatic rings. The van der Waals surface area contributed by atoms with Gasteiger partial charge in [0.05, 0.1) is 6.61 Å². The Morgan fingerprint density at radius 1 is 1.18 bits per heavy atom. The normalized spacial score (nSPS) is 15.4. The number of nitrogens with two attached hydrogens (primary N) is 1. The largest absolute Gasteiger partial charge is 0.494 e. The molecule has 0 saturated heterocycles. The fourth-order valence-corrected chi connectivity index (χ4v) is 1.85. The number of ether oxygens (including phenoxy) is 1. The van der Waals surface area contributed by atoms with Gasteiger partial charge in [0, 0.05) is 6.54 Å². The molecule has 0 heterocycles. The van der Waals surface area contributed by atoms with Crippen molar-refractivity contribution >= 4 is 0 Å². The molecule has 0 aliphatic rings. The minimum Gasteiger partial charge on any atom is -0.494 e. The van der Waals surface area contributed by atoms with E-state index >= 15 is 0 Å². The average Bonchev–Trinajstić information content (AvgIpc) is 2.28. The predicted molar refractivity (Wildman–Crippen MR) is 70.0 cm³/mol. The maximum absolute atomic E-state index is 10.7. The van der Waals surface area contributed by atoms with Crippen molar-refractivity contribution in [2.75, 3.05) is 13.2 Å². The lowest BCUT2D eigenvalue weighted by molar-refractivity contribution is -0.0557. The van der Waals surface area contributed by atoms with Crippen molar-refractivity contribution in [1.29, 1.82) is 0 Å². The zero-order chi connectivity index (χ0) is 13.1. The smallest absolute Gasteiger partial charge is 0.119 e. The van der Waals surface area contributed by atoms with Crippen LogP contribution in [0.3, 0.4) is 0 Å². The van der Waals surface area contributed by atoms with Gasteiger partial charge in [-0.1, -0.05) is 32.9 Å². The summed E-state index contributed by atoms with van der Waals surface area (Å²) in [5.41, 5.74) is 5.24. The summed E-state index contributed by atoms with van der Waals surface area (Å²) in [7, 11) is 0. The first-order valence-corrected chi connectivity index (χ1v) is 6.01. The first kappa shape index (κ1) is 14.0. The minimum atomic E-state index is -1.02. The highest BCUT2D eigenvalue weighted by molar-refractivity contribution is 5.32. The SMILES string of the molecule is CCOc1ccc(C(O)(CN)C(C)(C)C)cc1. The maximum atomic E-state index is 10.7. The Morgan fingerprint density at radius 3 is 2.06 bits per heavy atom. The van der Waals surface area contributed by atoms with Crippen molar-refractivity contribution in [3.05, 3.63) is 29.8 Å². The summed E-state index contributed by atoms with van der Waals surface area (Å²) >= 11 is 0. The van der Waals surface area contributed by atoms with Crippen LogP contribution in [0.15, 0.2) is 24.3 Å². The Kier molecular flexibility index (Phi) is 4.17. The first-order chi connectivity index (χ1) is 7.85. The van der Waals surface area contributed by atoms with E-state index in [-0.39, 0.29) is 12.0 Å². The number of aliphatic hydroxyl groups is 1. The maximum Gasteiger partial charge on any atom is 0.119 e. The van der Waals surface area contributed by atoms with Gasteiger partial charge in [0.15, 0.2) is 0 Å². The second kappa shape index (κ2) is 5.07. The van der Waals surface area contributed by atoms with E-state index in [1.165, 1.54) is 0 Å². The van der Waals surface area contributed by atoms with E-state index in [0.717, 1.165) is 11.3 Å². The van der Waals surface area contributed by atoms with Crippen LogP contribution in [0, 0.1) is 5.41 Å². The molecule has 3 heteroatoms. The van der Waals surface area contributed by atoms with Crippen LogP contribution >= 0.6 is 0 Å². The third kappa shape index (κ3) is 2.79. The van der Waals surface area contributed by atoms with Gasteiger partial charge in [-0.05, 0) is 30.0 Å². The van der Waals surface area contributed by atoms with Gasteiger partial charge in [-0.2, -0.15) is 0 Å². The van der Waals surface area contributed by atoms with Crippen LogP contribution in [0.2, 0.25) is 0 Å². The van der Waals surface area contributed by atoms with E-state index in [2.05, 4.69) is 0 Å². The molecule has 0 spiro atoms. The van der Waals surface area contributed by atoms with Gasteiger partial charge in [0.1, 0.15) is 11.4 Å². The van der Waals surface area contributed by atoms with Crippen molar-refractivity contribution in [1.82, 2.24) is 0 Å². The third-order valence-corrected chi connectivity index (χ3v) is 3.18. The topological polar surface area (TPSA) is 55.5 Å². The number of hydrogen-bond donors (Lipinski definition) is 2. The highest BCUT2D eigenvalue weighted by Crippen LogP contribution is 2.38. The van der Waals surface area contributed by atoms with Crippen molar-refractivity contribution in [3.8, 4) is 5.75 Å². The molecule has 96 valence electrons. The molecule has 1 unspecified atom stereocenters. The molecule has 0 fully saturated rings. The van der Waals surface area contributed by atoms with Gasteiger partial charge in [0.2, 0.25) is 0 Å². The van der Waals surface area contributed by atoms with Crippen LogP contribution in [-0.2, 0) is 5.60 Å². The van der Waals surface area contributed by atoms with Crippen molar-refractivity contribution < 1.29 is 9.84 Å². The van der Waals surface area contributed by atoms with Crippen molar-refractivity contribution in [2.24, 2.45) is 11.1 Å². The van der Waals surface area contributed by atoms with E-state index in [1.54, 1.807) is 0 Å². The average molecular weight is 237 g/mol. The molecule has 3 N–H and O–H groups in total. The lowest BCUT2D eigenvalue weighted by Gasteiger charge is -2.40. The summed E-state index contributed by atoms with van der Waals surface area (Å²) in [6.07, 6.45) is 0. The molecular formula is C14H23NO2. The number of hydrogen-bond acceptors (Lipinski definition) is 3. The van der Waals surface area contributed by atoms with Gasteiger partial charge in [-0.3, -0.25) is 0 Å². The van der Waals surface area contributed by atoms with Crippen LogP contribution in [0.1, 0.15) is 33.3 Å². The fraction of sp³-hybridized carbons (Fsp3) is 0.571. The Balaban J connectivity index is 3.05.